The van der Waals surface area contributed by atoms with Crippen molar-refractivity contribution in [3.8, 4) is 0 Å². The van der Waals surface area contributed by atoms with Crippen molar-refractivity contribution in [3.63, 3.8) is 0 Å². The summed E-state index contributed by atoms with van der Waals surface area (Å²) in [6.07, 6.45) is -0.783. The van der Waals surface area contributed by atoms with Crippen LogP contribution in [0.25, 0.3) is 0 Å². The van der Waals surface area contributed by atoms with Gasteiger partial charge in [0.25, 0.3) is 0 Å². The van der Waals surface area contributed by atoms with E-state index < -0.39 is 32.9 Å². The van der Waals surface area contributed by atoms with Crippen LogP contribution in [0.5, 0.6) is 0 Å². The minimum Gasteiger partial charge on any atom is -0.460 e. The average molecular weight is 470 g/mol. The van der Waals surface area contributed by atoms with Gasteiger partial charge < -0.3 is 14.8 Å². The second kappa shape index (κ2) is 8.86. The van der Waals surface area contributed by atoms with E-state index in [-0.39, 0.29) is 12.4 Å². The molecule has 6 nitrogen and oxygen atoms in total. The van der Waals surface area contributed by atoms with Gasteiger partial charge in [-0.3, -0.25) is 9.59 Å². The number of amides is 1. The number of alkyl carbamates (subject to hydrolysis) is 1. The Morgan fingerprint density at radius 1 is 0.931 bits per heavy atom. The number of carbonyl (C=O) groups is 3. The van der Waals surface area contributed by atoms with Gasteiger partial charge in [0.1, 0.15) is 17.7 Å². The minimum atomic E-state index is -1.59. The van der Waals surface area contributed by atoms with E-state index in [1.54, 1.807) is 48.5 Å². The van der Waals surface area contributed by atoms with Crippen LogP contribution in [0.2, 0.25) is 0 Å². The summed E-state index contributed by atoms with van der Waals surface area (Å²) in [6.45, 7) is 13.2. The van der Waals surface area contributed by atoms with Crippen molar-refractivity contribution >= 4 is 33.8 Å². The van der Waals surface area contributed by atoms with Crippen LogP contribution >= 0.6 is 15.9 Å². The fourth-order valence-electron chi connectivity index (χ4n) is 2.71. The highest BCUT2D eigenvalue weighted by atomic mass is 79.9. The average Bonchev–Trinajstić information content (AvgIpc) is 2.56. The predicted molar refractivity (Wildman–Crippen MR) is 116 cm³/mol. The second-order valence-corrected chi connectivity index (χ2v) is 11.2. The zero-order chi connectivity index (χ0) is 22.7. The Kier molecular flexibility index (Phi) is 7.68. The Morgan fingerprint density at radius 3 is 1.90 bits per heavy atom. The van der Waals surface area contributed by atoms with Gasteiger partial charge in [0.05, 0.1) is 9.74 Å². The molecule has 162 valence electrons. The van der Waals surface area contributed by atoms with Crippen molar-refractivity contribution in [3.05, 3.63) is 35.9 Å². The number of halogens is 1. The molecule has 1 atom stereocenters. The lowest BCUT2D eigenvalue weighted by Gasteiger charge is -2.44. The second-order valence-electron chi connectivity index (χ2n) is 9.24. The summed E-state index contributed by atoms with van der Waals surface area (Å²) < 4.78 is 9.82. The number of hydrogen-bond acceptors (Lipinski definition) is 5. The zero-order valence-corrected chi connectivity index (χ0v) is 20.1. The first-order valence-corrected chi connectivity index (χ1v) is 10.3. The molecular formula is C22H32BrNO5. The Morgan fingerprint density at radius 2 is 1.45 bits per heavy atom. The summed E-state index contributed by atoms with van der Waals surface area (Å²) >= 11 is 3.35. The number of ketones is 1. The molecule has 0 unspecified atom stereocenters. The molecule has 0 radical (unpaired) electrons. The Hall–Kier alpha value is -1.89. The molecule has 0 saturated carbocycles. The number of benzene rings is 1. The van der Waals surface area contributed by atoms with Gasteiger partial charge >= 0.3 is 12.1 Å². The first-order valence-electron chi connectivity index (χ1n) is 9.47. The molecule has 7 heteroatoms. The lowest BCUT2D eigenvalue weighted by molar-refractivity contribution is -0.163. The maximum Gasteiger partial charge on any atom is 0.408 e. The van der Waals surface area contributed by atoms with Crippen LogP contribution in [-0.4, -0.2) is 33.3 Å². The number of hydrogen-bond donors (Lipinski definition) is 1. The Labute approximate surface area is 181 Å². The maximum atomic E-state index is 13.3. The van der Waals surface area contributed by atoms with Gasteiger partial charge in [0, 0.05) is 0 Å². The summed E-state index contributed by atoms with van der Waals surface area (Å²) in [7, 11) is 0. The van der Waals surface area contributed by atoms with Gasteiger partial charge in [-0.15, -0.1) is 0 Å². The van der Waals surface area contributed by atoms with Crippen molar-refractivity contribution in [2.24, 2.45) is 5.41 Å². The molecule has 0 aliphatic rings. The SMILES string of the molecule is CC(C)(C)OC(=O)N[C@@](C)(C(=O)C(C)(C)Br)C(C)(C)C(=O)OCc1ccccc1. The Bertz CT molecular complexity index is 747. The fraction of sp³-hybridized carbons (Fsp3) is 0.591. The van der Waals surface area contributed by atoms with E-state index in [4.69, 9.17) is 9.47 Å². The van der Waals surface area contributed by atoms with Crippen LogP contribution in [0.3, 0.4) is 0 Å². The van der Waals surface area contributed by atoms with Gasteiger partial charge in [0.15, 0.2) is 5.78 Å². The number of alkyl halides is 1. The summed E-state index contributed by atoms with van der Waals surface area (Å²) in [6, 6.07) is 9.24. The Balaban J connectivity index is 3.19. The minimum absolute atomic E-state index is 0.0670. The van der Waals surface area contributed by atoms with E-state index in [9.17, 15) is 14.4 Å². The number of rotatable bonds is 7. The van der Waals surface area contributed by atoms with Crippen LogP contribution in [0.4, 0.5) is 4.79 Å². The molecule has 0 bridgehead atoms. The number of Topliss-reactive ketones (excluding diaryl/α,β-unsaturated/α-hetero) is 1. The van der Waals surface area contributed by atoms with Crippen molar-refractivity contribution in [1.82, 2.24) is 5.32 Å². The third-order valence-corrected chi connectivity index (χ3v) is 5.08. The normalized spacial score (nSPS) is 14.5. The fourth-order valence-corrected chi connectivity index (χ4v) is 3.10. The highest BCUT2D eigenvalue weighted by Gasteiger charge is 2.57. The summed E-state index contributed by atoms with van der Waals surface area (Å²) in [4.78, 5) is 38.8. The van der Waals surface area contributed by atoms with Gasteiger partial charge in [-0.1, -0.05) is 46.3 Å². The molecule has 29 heavy (non-hydrogen) atoms. The van der Waals surface area contributed by atoms with Gasteiger partial charge in [-0.25, -0.2) is 4.79 Å². The summed E-state index contributed by atoms with van der Waals surface area (Å²) in [5.74, 6) is -0.984. The van der Waals surface area contributed by atoms with E-state index in [0.717, 1.165) is 5.56 Å². The van der Waals surface area contributed by atoms with Crippen LogP contribution in [-0.2, 0) is 25.7 Å². The van der Waals surface area contributed by atoms with Gasteiger partial charge in [-0.05, 0) is 61.0 Å². The highest BCUT2D eigenvalue weighted by Crippen LogP contribution is 2.38. The first kappa shape index (κ1) is 25.1. The first-order chi connectivity index (χ1) is 13.0. The molecule has 1 N–H and O–H groups in total. The number of nitrogens with one attached hydrogen (secondary N) is 1. The van der Waals surface area contributed by atoms with Crippen LogP contribution in [0.15, 0.2) is 30.3 Å². The lowest BCUT2D eigenvalue weighted by atomic mass is 9.68. The monoisotopic (exact) mass is 469 g/mol. The molecule has 1 aromatic carbocycles. The molecule has 1 amide bonds. The third kappa shape index (κ3) is 6.56. The molecule has 0 heterocycles. The van der Waals surface area contributed by atoms with E-state index in [1.165, 1.54) is 6.92 Å². The molecular weight excluding hydrogens is 438 g/mol. The molecule has 0 aromatic heterocycles. The van der Waals surface area contributed by atoms with Crippen molar-refractivity contribution in [2.45, 2.75) is 77.5 Å². The summed E-state index contributed by atoms with van der Waals surface area (Å²) in [5.41, 5.74) is -2.89. The van der Waals surface area contributed by atoms with Crippen molar-refractivity contribution in [1.29, 1.82) is 0 Å². The van der Waals surface area contributed by atoms with Crippen LogP contribution in [0.1, 0.15) is 61.0 Å². The molecule has 1 rings (SSSR count). The molecule has 1 aromatic rings. The topological polar surface area (TPSA) is 81.7 Å². The molecule has 0 spiro atoms. The highest BCUT2D eigenvalue weighted by molar-refractivity contribution is 9.10. The lowest BCUT2D eigenvalue weighted by Crippen LogP contribution is -2.67. The third-order valence-electron chi connectivity index (χ3n) is 4.72. The van der Waals surface area contributed by atoms with E-state index >= 15 is 0 Å². The summed E-state index contributed by atoms with van der Waals surface area (Å²) in [5, 5.41) is 2.63. The van der Waals surface area contributed by atoms with E-state index in [0.29, 0.717) is 0 Å². The van der Waals surface area contributed by atoms with E-state index in [2.05, 4.69) is 21.2 Å². The molecule has 0 saturated heterocycles. The van der Waals surface area contributed by atoms with E-state index in [1.807, 2.05) is 30.3 Å². The van der Waals surface area contributed by atoms with Crippen LogP contribution < -0.4 is 5.32 Å². The molecule has 0 aliphatic heterocycles. The van der Waals surface area contributed by atoms with Gasteiger partial charge in [0.2, 0.25) is 0 Å². The maximum absolute atomic E-state index is 13.3. The molecule has 0 fully saturated rings. The van der Waals surface area contributed by atoms with Crippen LogP contribution in [0, 0.1) is 5.41 Å². The molecule has 0 aliphatic carbocycles. The number of esters is 1. The number of carbonyl (C=O) groups excluding carboxylic acids is 3. The van der Waals surface area contributed by atoms with Gasteiger partial charge in [-0.2, -0.15) is 0 Å². The quantitative estimate of drug-likeness (QED) is 0.458. The zero-order valence-electron chi connectivity index (χ0n) is 18.5. The smallest absolute Gasteiger partial charge is 0.408 e. The predicted octanol–water partition coefficient (Wildman–Crippen LogP) is 4.78. The largest absolute Gasteiger partial charge is 0.460 e. The standard InChI is InChI=1S/C22H32BrNO5/c1-19(2,3)29-18(27)24-22(8,16(25)21(6,7)23)20(4,5)17(26)28-14-15-12-10-9-11-13-15/h9-13H,14H2,1-8H3,(H,24,27)/t22-/m0/s1. The number of ether oxygens (including phenoxy) is 2. The van der Waals surface area contributed by atoms with Crippen molar-refractivity contribution < 1.29 is 23.9 Å². The van der Waals surface area contributed by atoms with Crippen molar-refractivity contribution in [2.75, 3.05) is 0 Å².